The molecule has 0 aromatic heterocycles. The number of hydrazone groups is 1. The summed E-state index contributed by atoms with van der Waals surface area (Å²) in [6.07, 6.45) is 1.08. The predicted octanol–water partition coefficient (Wildman–Crippen LogP) is 4.25. The summed E-state index contributed by atoms with van der Waals surface area (Å²) in [5, 5.41) is 25.6. The Balaban J connectivity index is 1.79. The van der Waals surface area contributed by atoms with Crippen LogP contribution >= 0.6 is 15.9 Å². The summed E-state index contributed by atoms with van der Waals surface area (Å²) in [7, 11) is 0. The predicted molar refractivity (Wildman–Crippen MR) is 120 cm³/mol. The third kappa shape index (κ3) is 6.04. The Hall–Kier alpha value is -4.45. The first kappa shape index (κ1) is 23.2. The highest BCUT2D eigenvalue weighted by Crippen LogP contribution is 2.24. The fourth-order valence-electron chi connectivity index (χ4n) is 2.55. The molecule has 0 radical (unpaired) electrons. The van der Waals surface area contributed by atoms with E-state index >= 15 is 0 Å². The van der Waals surface area contributed by atoms with Crippen molar-refractivity contribution in [2.75, 3.05) is 0 Å². The number of nitro groups is 2. The number of benzene rings is 3. The maximum absolute atomic E-state index is 12.4. The molecule has 0 aliphatic rings. The number of hydrogen-bond acceptors (Lipinski definition) is 8. The molecule has 3 rings (SSSR count). The molecule has 0 heterocycles. The van der Waals surface area contributed by atoms with Crippen LogP contribution in [-0.4, -0.2) is 27.9 Å². The number of carbonyl (C=O) groups excluding carboxylic acids is 2. The van der Waals surface area contributed by atoms with Crippen LogP contribution in [0.4, 0.5) is 11.4 Å². The van der Waals surface area contributed by atoms with E-state index in [1.807, 2.05) is 0 Å². The molecule has 0 spiro atoms. The van der Waals surface area contributed by atoms with Crippen LogP contribution in [0.3, 0.4) is 0 Å². The van der Waals surface area contributed by atoms with Crippen molar-refractivity contribution in [1.82, 2.24) is 5.43 Å². The number of amides is 1. The molecule has 0 saturated heterocycles. The Morgan fingerprint density at radius 1 is 0.879 bits per heavy atom. The second-order valence-electron chi connectivity index (χ2n) is 6.38. The highest BCUT2D eigenvalue weighted by atomic mass is 79.9. The number of esters is 1. The van der Waals surface area contributed by atoms with Gasteiger partial charge in [-0.3, -0.25) is 25.0 Å². The third-order valence-electron chi connectivity index (χ3n) is 4.20. The maximum Gasteiger partial charge on any atom is 0.343 e. The molecular weight excluding hydrogens is 500 g/mol. The van der Waals surface area contributed by atoms with Gasteiger partial charge in [-0.05, 0) is 42.5 Å². The smallest absolute Gasteiger partial charge is 0.343 e. The molecule has 11 nitrogen and oxygen atoms in total. The molecule has 3 aromatic rings. The molecule has 1 amide bonds. The molecule has 0 aliphatic carbocycles. The Kier molecular flexibility index (Phi) is 7.20. The summed E-state index contributed by atoms with van der Waals surface area (Å²) in [6.45, 7) is 0. The molecule has 0 saturated carbocycles. The van der Waals surface area contributed by atoms with Crippen LogP contribution in [0.15, 0.2) is 76.3 Å². The van der Waals surface area contributed by atoms with E-state index in [1.54, 1.807) is 12.1 Å². The molecule has 33 heavy (non-hydrogen) atoms. The van der Waals surface area contributed by atoms with Gasteiger partial charge in [-0.15, -0.1) is 0 Å². The van der Waals surface area contributed by atoms with E-state index in [1.165, 1.54) is 42.5 Å². The SMILES string of the molecule is O=C(N/N=C/c1cc([N+](=O)[O-])ccc1OC(=O)c1ccc(Br)cc1)c1ccc([N+](=O)[O-])cc1. The molecule has 0 fully saturated rings. The summed E-state index contributed by atoms with van der Waals surface area (Å²) < 4.78 is 6.11. The first-order valence-electron chi connectivity index (χ1n) is 9.08. The number of rotatable bonds is 7. The second kappa shape index (κ2) is 10.2. The van der Waals surface area contributed by atoms with Gasteiger partial charge < -0.3 is 4.74 Å². The molecule has 0 bridgehead atoms. The van der Waals surface area contributed by atoms with Gasteiger partial charge in [0.25, 0.3) is 17.3 Å². The fraction of sp³-hybridized carbons (Fsp3) is 0. The lowest BCUT2D eigenvalue weighted by molar-refractivity contribution is -0.385. The Morgan fingerprint density at radius 3 is 2.06 bits per heavy atom. The van der Waals surface area contributed by atoms with Gasteiger partial charge in [0, 0.05) is 39.9 Å². The molecule has 0 unspecified atom stereocenters. The first-order valence-corrected chi connectivity index (χ1v) is 9.88. The van der Waals surface area contributed by atoms with E-state index in [2.05, 4.69) is 26.5 Å². The van der Waals surface area contributed by atoms with Crippen LogP contribution < -0.4 is 10.2 Å². The number of nitrogens with zero attached hydrogens (tertiary/aromatic N) is 3. The molecule has 0 atom stereocenters. The lowest BCUT2D eigenvalue weighted by Crippen LogP contribution is -2.17. The average molecular weight is 513 g/mol. The maximum atomic E-state index is 12.4. The van der Waals surface area contributed by atoms with Crippen LogP contribution in [0, 0.1) is 20.2 Å². The van der Waals surface area contributed by atoms with Gasteiger partial charge in [-0.25, -0.2) is 10.2 Å². The zero-order chi connectivity index (χ0) is 24.0. The van der Waals surface area contributed by atoms with Gasteiger partial charge in [0.1, 0.15) is 5.75 Å². The zero-order valence-electron chi connectivity index (χ0n) is 16.5. The molecular formula is C21H13BrN4O7. The quantitative estimate of drug-likeness (QED) is 0.163. The van der Waals surface area contributed by atoms with Crippen molar-refractivity contribution in [3.8, 4) is 5.75 Å². The minimum Gasteiger partial charge on any atom is -0.422 e. The number of nitrogens with one attached hydrogen (secondary N) is 1. The second-order valence-corrected chi connectivity index (χ2v) is 7.29. The van der Waals surface area contributed by atoms with E-state index < -0.39 is 21.7 Å². The van der Waals surface area contributed by atoms with E-state index in [0.29, 0.717) is 0 Å². The summed E-state index contributed by atoms with van der Waals surface area (Å²) in [6, 6.07) is 14.8. The number of hydrogen-bond donors (Lipinski definition) is 1. The minimum atomic E-state index is -0.694. The molecule has 166 valence electrons. The van der Waals surface area contributed by atoms with E-state index in [9.17, 15) is 29.8 Å². The standard InChI is InChI=1S/C21H13BrN4O7/c22-16-5-1-14(2-6-16)21(28)33-19-10-9-18(26(31)32)11-15(19)12-23-24-20(27)13-3-7-17(8-4-13)25(29)30/h1-12H,(H,24,27)/b23-12+. The number of carbonyl (C=O) groups is 2. The van der Waals surface area contributed by atoms with Crippen molar-refractivity contribution in [1.29, 1.82) is 0 Å². The topological polar surface area (TPSA) is 154 Å². The molecule has 0 aliphatic heterocycles. The van der Waals surface area contributed by atoms with Crippen LogP contribution in [0.5, 0.6) is 5.75 Å². The highest BCUT2D eigenvalue weighted by Gasteiger charge is 2.15. The van der Waals surface area contributed by atoms with Crippen molar-refractivity contribution in [2.24, 2.45) is 5.10 Å². The van der Waals surface area contributed by atoms with E-state index in [-0.39, 0.29) is 33.8 Å². The first-order chi connectivity index (χ1) is 15.7. The third-order valence-corrected chi connectivity index (χ3v) is 4.73. The molecule has 12 heteroatoms. The Bertz CT molecular complexity index is 1260. The van der Waals surface area contributed by atoms with Gasteiger partial charge in [-0.2, -0.15) is 5.10 Å². The number of halogens is 1. The van der Waals surface area contributed by atoms with E-state index in [0.717, 1.165) is 22.8 Å². The number of nitro benzene ring substituents is 2. The molecule has 3 aromatic carbocycles. The van der Waals surface area contributed by atoms with Crippen LogP contribution in [-0.2, 0) is 0 Å². The van der Waals surface area contributed by atoms with Gasteiger partial charge in [-0.1, -0.05) is 15.9 Å². The zero-order valence-corrected chi connectivity index (χ0v) is 18.1. The number of non-ortho nitro benzene ring substituents is 2. The van der Waals surface area contributed by atoms with Gasteiger partial charge >= 0.3 is 5.97 Å². The van der Waals surface area contributed by atoms with Gasteiger partial charge in [0.2, 0.25) is 0 Å². The van der Waals surface area contributed by atoms with Crippen LogP contribution in [0.1, 0.15) is 26.3 Å². The lowest BCUT2D eigenvalue weighted by Gasteiger charge is -2.08. The van der Waals surface area contributed by atoms with Crippen molar-refractivity contribution in [3.63, 3.8) is 0 Å². The van der Waals surface area contributed by atoms with Crippen molar-refractivity contribution < 1.29 is 24.2 Å². The summed E-state index contributed by atoms with van der Waals surface area (Å²) in [4.78, 5) is 45.2. The Morgan fingerprint density at radius 2 is 1.45 bits per heavy atom. The molecule has 1 N–H and O–H groups in total. The van der Waals surface area contributed by atoms with Crippen molar-refractivity contribution >= 4 is 45.4 Å². The van der Waals surface area contributed by atoms with Crippen LogP contribution in [0.2, 0.25) is 0 Å². The lowest BCUT2D eigenvalue weighted by atomic mass is 10.2. The monoisotopic (exact) mass is 512 g/mol. The van der Waals surface area contributed by atoms with Crippen molar-refractivity contribution in [2.45, 2.75) is 0 Å². The Labute approximate surface area is 194 Å². The minimum absolute atomic E-state index is 0.0122. The summed E-state index contributed by atoms with van der Waals surface area (Å²) in [5.41, 5.74) is 2.19. The van der Waals surface area contributed by atoms with Gasteiger partial charge in [0.05, 0.1) is 21.6 Å². The van der Waals surface area contributed by atoms with Crippen LogP contribution in [0.25, 0.3) is 0 Å². The average Bonchev–Trinajstić information content (AvgIpc) is 2.80. The van der Waals surface area contributed by atoms with Crippen molar-refractivity contribution in [3.05, 3.63) is 108 Å². The summed E-state index contributed by atoms with van der Waals surface area (Å²) >= 11 is 3.26. The normalized spacial score (nSPS) is 10.6. The largest absolute Gasteiger partial charge is 0.422 e. The van der Waals surface area contributed by atoms with E-state index in [4.69, 9.17) is 4.74 Å². The fourth-order valence-corrected chi connectivity index (χ4v) is 2.81. The number of ether oxygens (including phenoxy) is 1. The van der Waals surface area contributed by atoms with Gasteiger partial charge in [0.15, 0.2) is 0 Å². The summed E-state index contributed by atoms with van der Waals surface area (Å²) in [5.74, 6) is -1.37. The highest BCUT2D eigenvalue weighted by molar-refractivity contribution is 9.10.